The number of hydrogen-bond acceptors (Lipinski definition) is 4. The first-order valence-electron chi connectivity index (χ1n) is 7.69. The highest BCUT2D eigenvalue weighted by Crippen LogP contribution is 2.28. The zero-order valence-electron chi connectivity index (χ0n) is 13.5. The fourth-order valence-electron chi connectivity index (χ4n) is 2.28. The molecule has 0 aliphatic rings. The van der Waals surface area contributed by atoms with Gasteiger partial charge in [0.1, 0.15) is 5.75 Å². The summed E-state index contributed by atoms with van der Waals surface area (Å²) in [5.41, 5.74) is 1.72. The van der Waals surface area contributed by atoms with E-state index in [1.807, 2.05) is 31.2 Å². The fraction of sp³-hybridized carbons (Fsp3) is 0.158. The molecule has 1 aromatic heterocycles. The highest BCUT2D eigenvalue weighted by atomic mass is 35.5. The van der Waals surface area contributed by atoms with Gasteiger partial charge in [-0.2, -0.15) is 0 Å². The zero-order chi connectivity index (χ0) is 17.8. The number of aryl methyl sites for hydroxylation is 2. The van der Waals surface area contributed by atoms with Gasteiger partial charge in [-0.25, -0.2) is 4.98 Å². The number of esters is 1. The van der Waals surface area contributed by atoms with Crippen molar-refractivity contribution in [3.8, 4) is 17.1 Å². The Morgan fingerprint density at radius 2 is 1.96 bits per heavy atom. The number of aromatic nitrogens is 1. The summed E-state index contributed by atoms with van der Waals surface area (Å²) < 4.78 is 11.0. The monoisotopic (exact) mass is 375 g/mol. The Hall–Kier alpha value is -2.30. The Kier molecular flexibility index (Phi) is 5.41. The van der Waals surface area contributed by atoms with Gasteiger partial charge >= 0.3 is 5.97 Å². The molecule has 3 aromatic rings. The van der Waals surface area contributed by atoms with Crippen molar-refractivity contribution in [1.82, 2.24) is 4.98 Å². The molecule has 0 spiro atoms. The Labute approximate surface area is 155 Å². The first-order chi connectivity index (χ1) is 12.0. The molecule has 0 N–H and O–H groups in total. The van der Waals surface area contributed by atoms with Crippen molar-refractivity contribution in [3.05, 3.63) is 70.2 Å². The summed E-state index contributed by atoms with van der Waals surface area (Å²) in [7, 11) is 0. The molecule has 0 atom stereocenters. The largest absolute Gasteiger partial charge is 0.441 e. The first-order valence-corrected chi connectivity index (χ1v) is 8.45. The van der Waals surface area contributed by atoms with E-state index in [4.69, 9.17) is 32.4 Å². The normalized spacial score (nSPS) is 10.7. The maximum Gasteiger partial charge on any atom is 0.311 e. The van der Waals surface area contributed by atoms with E-state index in [2.05, 4.69) is 4.98 Å². The van der Waals surface area contributed by atoms with E-state index in [1.165, 1.54) is 0 Å². The molecule has 0 aliphatic heterocycles. The van der Waals surface area contributed by atoms with Gasteiger partial charge in [0.15, 0.2) is 11.7 Å². The predicted octanol–water partition coefficient (Wildman–Crippen LogP) is 5.50. The van der Waals surface area contributed by atoms with Crippen molar-refractivity contribution < 1.29 is 13.9 Å². The maximum atomic E-state index is 12.0. The Morgan fingerprint density at radius 1 is 1.16 bits per heavy atom. The van der Waals surface area contributed by atoms with Crippen LogP contribution in [0.2, 0.25) is 10.0 Å². The van der Waals surface area contributed by atoms with Crippen LogP contribution in [-0.4, -0.2) is 11.0 Å². The third kappa shape index (κ3) is 4.41. The second-order valence-corrected chi connectivity index (χ2v) is 6.32. The molecule has 0 radical (unpaired) electrons. The van der Waals surface area contributed by atoms with Crippen molar-refractivity contribution in [3.63, 3.8) is 0 Å². The highest BCUT2D eigenvalue weighted by molar-refractivity contribution is 6.33. The van der Waals surface area contributed by atoms with E-state index in [0.29, 0.717) is 33.9 Å². The fourth-order valence-corrected chi connectivity index (χ4v) is 2.67. The molecule has 0 amide bonds. The van der Waals surface area contributed by atoms with Crippen molar-refractivity contribution in [2.45, 2.75) is 19.8 Å². The molecule has 4 nitrogen and oxygen atoms in total. The summed E-state index contributed by atoms with van der Waals surface area (Å²) >= 11 is 12.2. The minimum atomic E-state index is -0.398. The Morgan fingerprint density at radius 3 is 2.76 bits per heavy atom. The van der Waals surface area contributed by atoms with Gasteiger partial charge in [-0.1, -0.05) is 41.4 Å². The number of nitrogens with zero attached hydrogens (tertiary/aromatic N) is 1. The van der Waals surface area contributed by atoms with E-state index in [9.17, 15) is 4.79 Å². The van der Waals surface area contributed by atoms with Crippen LogP contribution in [0.3, 0.4) is 0 Å². The number of ether oxygens (including phenoxy) is 1. The number of rotatable bonds is 5. The van der Waals surface area contributed by atoms with Crippen molar-refractivity contribution >= 4 is 29.2 Å². The molecular formula is C19H15Cl2NO3. The van der Waals surface area contributed by atoms with Crippen molar-refractivity contribution in [1.29, 1.82) is 0 Å². The van der Waals surface area contributed by atoms with Crippen LogP contribution in [0.1, 0.15) is 17.9 Å². The van der Waals surface area contributed by atoms with Gasteiger partial charge in [0.25, 0.3) is 0 Å². The molecule has 25 heavy (non-hydrogen) atoms. The number of benzene rings is 2. The number of hydrogen-bond donors (Lipinski definition) is 0. The van der Waals surface area contributed by atoms with E-state index in [0.717, 1.165) is 11.1 Å². The summed E-state index contributed by atoms with van der Waals surface area (Å²) in [6.07, 6.45) is 2.05. The van der Waals surface area contributed by atoms with Gasteiger partial charge in [-0.15, -0.1) is 0 Å². The molecule has 0 saturated carbocycles. The summed E-state index contributed by atoms with van der Waals surface area (Å²) in [6, 6.07) is 12.6. The molecule has 0 unspecified atom stereocenters. The lowest BCUT2D eigenvalue weighted by molar-refractivity contribution is -0.134. The standard InChI is InChI=1S/C19H15Cl2NO3/c1-12-6-7-15(21)16(10-12)25-19(23)9-8-18-22-11-17(24-18)13-4-2-3-5-14(13)20/h2-7,10-11H,8-9H2,1H3. The molecule has 128 valence electrons. The van der Waals surface area contributed by atoms with Gasteiger partial charge in [-0.05, 0) is 36.8 Å². The van der Waals surface area contributed by atoms with E-state index < -0.39 is 5.97 Å². The summed E-state index contributed by atoms with van der Waals surface area (Å²) in [4.78, 5) is 16.2. The third-order valence-electron chi connectivity index (χ3n) is 3.55. The molecule has 2 aromatic carbocycles. The topological polar surface area (TPSA) is 52.3 Å². The van der Waals surface area contributed by atoms with Gasteiger partial charge in [0.05, 0.1) is 22.7 Å². The van der Waals surface area contributed by atoms with Crippen LogP contribution in [0.4, 0.5) is 0 Å². The summed E-state index contributed by atoms with van der Waals surface area (Å²) in [5, 5.41) is 0.981. The SMILES string of the molecule is Cc1ccc(Cl)c(OC(=O)CCc2ncc(-c3ccccc3Cl)o2)c1. The Bertz CT molecular complexity index is 905. The minimum absolute atomic E-state index is 0.132. The van der Waals surface area contributed by atoms with Crippen LogP contribution < -0.4 is 4.74 Å². The molecule has 0 bridgehead atoms. The molecule has 0 aliphatic carbocycles. The molecule has 3 rings (SSSR count). The van der Waals surface area contributed by atoms with Crippen LogP contribution in [-0.2, 0) is 11.2 Å². The van der Waals surface area contributed by atoms with E-state index in [-0.39, 0.29) is 6.42 Å². The van der Waals surface area contributed by atoms with Crippen molar-refractivity contribution in [2.24, 2.45) is 0 Å². The van der Waals surface area contributed by atoms with Gasteiger partial charge in [0, 0.05) is 12.0 Å². The first kappa shape index (κ1) is 17.5. The van der Waals surface area contributed by atoms with Gasteiger partial charge in [-0.3, -0.25) is 4.79 Å². The second-order valence-electron chi connectivity index (χ2n) is 5.51. The lowest BCUT2D eigenvalue weighted by Gasteiger charge is -2.06. The second kappa shape index (κ2) is 7.72. The molecule has 1 heterocycles. The van der Waals surface area contributed by atoms with Crippen molar-refractivity contribution in [2.75, 3.05) is 0 Å². The maximum absolute atomic E-state index is 12.0. The number of oxazole rings is 1. The number of carbonyl (C=O) groups is 1. The Balaban J connectivity index is 1.61. The van der Waals surface area contributed by atoms with Gasteiger partial charge < -0.3 is 9.15 Å². The molecule has 0 fully saturated rings. The van der Waals surface area contributed by atoms with Crippen LogP contribution in [0.15, 0.2) is 53.1 Å². The zero-order valence-corrected chi connectivity index (χ0v) is 15.0. The minimum Gasteiger partial charge on any atom is -0.441 e. The molecule has 6 heteroatoms. The average molecular weight is 376 g/mol. The number of carbonyl (C=O) groups excluding carboxylic acids is 1. The quantitative estimate of drug-likeness (QED) is 0.436. The molecular weight excluding hydrogens is 361 g/mol. The lowest BCUT2D eigenvalue weighted by atomic mass is 10.2. The molecule has 0 saturated heterocycles. The van der Waals surface area contributed by atoms with Crippen LogP contribution >= 0.6 is 23.2 Å². The lowest BCUT2D eigenvalue weighted by Crippen LogP contribution is -2.09. The van der Waals surface area contributed by atoms with Gasteiger partial charge in [0.2, 0.25) is 0 Å². The average Bonchev–Trinajstić information content (AvgIpc) is 3.05. The third-order valence-corrected chi connectivity index (χ3v) is 4.19. The number of halogens is 2. The highest BCUT2D eigenvalue weighted by Gasteiger charge is 2.13. The van der Waals surface area contributed by atoms with E-state index in [1.54, 1.807) is 24.4 Å². The summed E-state index contributed by atoms with van der Waals surface area (Å²) in [6.45, 7) is 1.90. The smallest absolute Gasteiger partial charge is 0.311 e. The van der Waals surface area contributed by atoms with Crippen LogP contribution in [0.5, 0.6) is 5.75 Å². The van der Waals surface area contributed by atoms with Crippen LogP contribution in [0, 0.1) is 6.92 Å². The predicted molar refractivity (Wildman–Crippen MR) is 97.1 cm³/mol. The van der Waals surface area contributed by atoms with E-state index >= 15 is 0 Å². The van der Waals surface area contributed by atoms with Crippen LogP contribution in [0.25, 0.3) is 11.3 Å². The summed E-state index contributed by atoms with van der Waals surface area (Å²) in [5.74, 6) is 0.971.